The first-order chi connectivity index (χ1) is 43.8. The van der Waals surface area contributed by atoms with E-state index in [4.69, 9.17) is 30.3 Å². The van der Waals surface area contributed by atoms with Crippen LogP contribution in [0.25, 0.3) is 77.6 Å². The number of aryl methyl sites for hydroxylation is 4. The maximum absolute atomic E-state index is 9.42. The van der Waals surface area contributed by atoms with E-state index in [1.54, 1.807) is 39.5 Å². The Kier molecular flexibility index (Phi) is 7.87. The van der Waals surface area contributed by atoms with Crippen LogP contribution in [-0.4, -0.2) is 25.6 Å². The van der Waals surface area contributed by atoms with E-state index >= 15 is 0 Å². The molecule has 76 heavy (non-hydrogen) atoms. The van der Waals surface area contributed by atoms with Gasteiger partial charge in [-0.05, 0) is 11.5 Å². The summed E-state index contributed by atoms with van der Waals surface area (Å²) in [5, 5.41) is 1.95. The Labute approximate surface area is 479 Å². The van der Waals surface area contributed by atoms with Crippen LogP contribution in [0.3, 0.4) is 0 Å². The molecule has 0 radical (unpaired) electrons. The van der Waals surface area contributed by atoms with E-state index in [-0.39, 0.29) is 73.3 Å². The SMILES string of the molecule is [2H]c1c([2H])c([2H])c(-c2cc(C([2H])([2H])[2H])cc(-c3cccc(C(C)(C)C)c3)c2-n2[c](=[Pt])n(-c3[c-]c(Oc4cc(C([2H])([2H])[2H])cc(N5B(c6ccccc6)n6c7ccccc7c7cc[c-]c5c76)n4)cc(-c4c(C([2H])([2H])[2H])cccc4C([2H])([2H])[2H])c3)c3ccccc32)c([2H])c1[2H]. The number of aromatic nitrogens is 4. The fraction of sp³-hybridized carbons (Fsp3) is 0.118. The van der Waals surface area contributed by atoms with Crippen LogP contribution in [0.4, 0.5) is 11.5 Å². The normalized spacial score (nSPS) is 16.4. The van der Waals surface area contributed by atoms with Gasteiger partial charge in [-0.25, -0.2) is 0 Å². The summed E-state index contributed by atoms with van der Waals surface area (Å²) in [4.78, 5) is 7.03. The first-order valence-electron chi connectivity index (χ1n) is 33.1. The molecule has 1 aliphatic heterocycles. The van der Waals surface area contributed by atoms with Gasteiger partial charge in [-0.2, -0.15) is 12.1 Å². The zero-order valence-electron chi connectivity index (χ0n) is 58.2. The Morgan fingerprint density at radius 3 is 2.08 bits per heavy atom. The Morgan fingerprint density at radius 1 is 0.632 bits per heavy atom. The van der Waals surface area contributed by atoms with Gasteiger partial charge in [-0.15, -0.1) is 5.39 Å². The molecule has 12 aromatic rings. The molecule has 0 unspecified atom stereocenters. The molecule has 0 saturated carbocycles. The Morgan fingerprint density at radius 2 is 1.33 bits per heavy atom. The van der Waals surface area contributed by atoms with Crippen molar-refractivity contribution in [2.75, 3.05) is 4.81 Å². The molecule has 8 heteroatoms. The van der Waals surface area contributed by atoms with Crippen LogP contribution in [0.1, 0.15) is 71.9 Å². The molecule has 372 valence electrons. The van der Waals surface area contributed by atoms with E-state index in [1.165, 1.54) is 48.5 Å². The number of para-hydroxylation sites is 3. The zero-order valence-corrected chi connectivity index (χ0v) is 43.5. The predicted octanol–water partition coefficient (Wildman–Crippen LogP) is 16.3. The number of rotatable bonds is 9. The third-order valence-corrected chi connectivity index (χ3v) is 15.0. The van der Waals surface area contributed by atoms with Crippen molar-refractivity contribution in [3.05, 3.63) is 244 Å². The molecule has 0 N–H and O–H groups in total. The number of ether oxygens (including phenoxy) is 1. The maximum atomic E-state index is 9.42. The number of anilines is 2. The molecule has 6 nitrogen and oxygen atoms in total. The number of nitrogens with zero attached hydrogens (tertiary/aromatic N) is 5. The summed E-state index contributed by atoms with van der Waals surface area (Å²) in [6, 6.07) is 52.5. The molecule has 4 heterocycles. The van der Waals surface area contributed by atoms with E-state index in [0.29, 0.717) is 31.7 Å². The first-order valence-corrected chi connectivity index (χ1v) is 25.7. The summed E-state index contributed by atoms with van der Waals surface area (Å²) in [6.07, 6.45) is 0. The second-order valence-corrected chi connectivity index (χ2v) is 20.8. The van der Waals surface area contributed by atoms with Crippen molar-refractivity contribution < 1.29 is 47.4 Å². The van der Waals surface area contributed by atoms with Crippen molar-refractivity contribution in [1.82, 2.24) is 18.6 Å². The minimum atomic E-state index is -2.88. The van der Waals surface area contributed by atoms with Gasteiger partial charge in [0.05, 0.1) is 0 Å². The van der Waals surface area contributed by atoms with Crippen LogP contribution < -0.4 is 15.0 Å². The van der Waals surface area contributed by atoms with Gasteiger partial charge in [0, 0.05) is 5.52 Å². The van der Waals surface area contributed by atoms with Crippen LogP contribution >= 0.6 is 0 Å². The third-order valence-electron chi connectivity index (χ3n) is 14.0. The van der Waals surface area contributed by atoms with Gasteiger partial charge < -0.3 is 0 Å². The molecule has 0 saturated heterocycles. The molecule has 9 aromatic carbocycles. The third kappa shape index (κ3) is 7.99. The van der Waals surface area contributed by atoms with Gasteiger partial charge in [0.25, 0.3) is 0 Å². The van der Waals surface area contributed by atoms with E-state index in [0.717, 1.165) is 32.8 Å². The Bertz CT molecular complexity index is 5060. The van der Waals surface area contributed by atoms with Crippen LogP contribution in [0.5, 0.6) is 11.6 Å². The van der Waals surface area contributed by atoms with Crippen molar-refractivity contribution in [2.45, 2.75) is 53.6 Å². The average Bonchev–Trinajstić information content (AvgIpc) is 1.58. The number of hydrogen-bond donors (Lipinski definition) is 0. The molecule has 1 aliphatic rings. The fourth-order valence-corrected chi connectivity index (χ4v) is 11.8. The monoisotopic (exact) mass is 1180 g/mol. The molecule has 13 rings (SSSR count). The molecular formula is C68H54BN5OPt-2. The number of imidazole rings is 1. The Hall–Kier alpha value is -8.25. The summed E-state index contributed by atoms with van der Waals surface area (Å²) in [6.45, 7) is -5.80. The summed E-state index contributed by atoms with van der Waals surface area (Å²) < 4.78 is 164. The average molecular weight is 1180 g/mol. The van der Waals surface area contributed by atoms with Gasteiger partial charge in [0.1, 0.15) is 0 Å². The van der Waals surface area contributed by atoms with Crippen LogP contribution in [0.15, 0.2) is 200 Å². The summed E-state index contributed by atoms with van der Waals surface area (Å²) in [7, 11) is 0. The summed E-state index contributed by atoms with van der Waals surface area (Å²) >= 11 is 2.07. The van der Waals surface area contributed by atoms with E-state index in [9.17, 15) is 2.74 Å². The molecular weight excluding hydrogens is 1110 g/mol. The van der Waals surface area contributed by atoms with Crippen LogP contribution in [0, 0.1) is 43.3 Å². The van der Waals surface area contributed by atoms with Gasteiger partial charge in [0.2, 0.25) is 0 Å². The van der Waals surface area contributed by atoms with Crippen molar-refractivity contribution in [3.63, 3.8) is 0 Å². The van der Waals surface area contributed by atoms with Crippen LogP contribution in [-0.2, 0) is 24.8 Å². The van der Waals surface area contributed by atoms with Crippen molar-refractivity contribution in [3.8, 4) is 56.4 Å². The first kappa shape index (κ1) is 32.3. The van der Waals surface area contributed by atoms with Gasteiger partial charge in [-0.1, -0.05) is 48.5 Å². The molecule has 0 aliphatic carbocycles. The second-order valence-electron chi connectivity index (χ2n) is 19.8. The number of fused-ring (bicyclic) bond motifs is 4. The summed E-state index contributed by atoms with van der Waals surface area (Å²) in [5.41, 5.74) is 4.44. The predicted molar refractivity (Wildman–Crippen MR) is 311 cm³/mol. The molecule has 0 bridgehead atoms. The Balaban J connectivity index is 1.10. The van der Waals surface area contributed by atoms with Crippen molar-refractivity contribution in [2.24, 2.45) is 0 Å². The molecule has 0 atom stereocenters. The molecule has 3 aromatic heterocycles. The zero-order chi connectivity index (χ0) is 66.3. The topological polar surface area (TPSA) is 40.1 Å². The second kappa shape index (κ2) is 18.5. The standard InChI is InChI=1S/C68H54BN5O.Pt/c1-44-35-57(48-23-10-8-11-24-48)66(58(36-44)49-25-19-26-51(39-49)68(5,6)7)72-43-71(60-32-16-17-33-61(60)72)53-40-50(65-46(3)21-18-22-47(65)4)41-54(42-53)75-64-38-45(2)37-63(70-64)73-62-34-20-30-56-55-29-14-15-31-59(55)74(67(56)62)69(73)52-27-12-9-13-28-52;/h8-33,35-41H,1-7H3;/q-2;/i1D3,2D3,3D3,4D3,8D,10D,11D,23D,24D;. The van der Waals surface area contributed by atoms with Gasteiger partial charge in [-0.3, -0.25) is 0 Å². The quantitative estimate of drug-likeness (QED) is 0.107. The number of hydrogen-bond acceptors (Lipinski definition) is 3. The molecule has 0 amide bonds. The van der Waals surface area contributed by atoms with Gasteiger partial charge >= 0.3 is 398 Å². The number of pyridine rings is 1. The van der Waals surface area contributed by atoms with Gasteiger partial charge in [0.15, 0.2) is 0 Å². The van der Waals surface area contributed by atoms with E-state index < -0.39 is 70.0 Å². The molecule has 0 spiro atoms. The van der Waals surface area contributed by atoms with Crippen LogP contribution in [0.2, 0.25) is 0 Å². The van der Waals surface area contributed by atoms with Crippen molar-refractivity contribution >= 4 is 56.8 Å². The summed E-state index contributed by atoms with van der Waals surface area (Å²) in [5.74, 6) is -0.205. The van der Waals surface area contributed by atoms with Crippen molar-refractivity contribution in [1.29, 1.82) is 0 Å². The number of benzene rings is 9. The minimum absolute atomic E-state index is 0.0167. The molecule has 0 fully saturated rings. The van der Waals surface area contributed by atoms with E-state index in [1.807, 2.05) is 117 Å². The fourth-order valence-electron chi connectivity index (χ4n) is 10.7. The van der Waals surface area contributed by atoms with E-state index in [2.05, 4.69) is 36.0 Å².